The van der Waals surface area contributed by atoms with Crippen LogP contribution in [0.25, 0.3) is 0 Å². The van der Waals surface area contributed by atoms with E-state index in [9.17, 15) is 0 Å². The van der Waals surface area contributed by atoms with Crippen LogP contribution in [0.15, 0.2) is 18.2 Å². The molecule has 0 aromatic heterocycles. The zero-order valence-electron chi connectivity index (χ0n) is 10.7. The van der Waals surface area contributed by atoms with E-state index < -0.39 is 0 Å². The average Bonchev–Trinajstić information content (AvgIpc) is 2.35. The van der Waals surface area contributed by atoms with Crippen LogP contribution in [0.2, 0.25) is 0 Å². The Kier molecular flexibility index (Phi) is 5.98. The summed E-state index contributed by atoms with van der Waals surface area (Å²) in [5, 5.41) is 3.11. The third-order valence-corrected chi connectivity index (χ3v) is 2.27. The summed E-state index contributed by atoms with van der Waals surface area (Å²) >= 11 is 0. The minimum atomic E-state index is 0.584. The second kappa shape index (κ2) is 7.59. The molecule has 0 amide bonds. The zero-order chi connectivity index (χ0) is 12.5. The summed E-state index contributed by atoms with van der Waals surface area (Å²) < 4.78 is 10.9. The maximum Gasteiger partial charge on any atom is 0.161 e. The predicted molar refractivity (Wildman–Crippen MR) is 69.3 cm³/mol. The van der Waals surface area contributed by atoms with Gasteiger partial charge in [-0.05, 0) is 31.7 Å². The fourth-order valence-corrected chi connectivity index (χ4v) is 1.49. The minimum absolute atomic E-state index is 0.584. The SMILES string of the molecule is CC#CCCOc1cc(CNC)ccc1OC. The molecule has 0 atom stereocenters. The van der Waals surface area contributed by atoms with Crippen LogP contribution in [-0.4, -0.2) is 20.8 Å². The topological polar surface area (TPSA) is 30.5 Å². The van der Waals surface area contributed by atoms with E-state index in [1.807, 2.05) is 32.2 Å². The fourth-order valence-electron chi connectivity index (χ4n) is 1.49. The molecule has 0 saturated carbocycles. The number of rotatable bonds is 6. The molecule has 1 N–H and O–H groups in total. The normalized spacial score (nSPS) is 9.35. The van der Waals surface area contributed by atoms with Crippen molar-refractivity contribution in [2.24, 2.45) is 0 Å². The number of nitrogens with one attached hydrogen (secondary N) is 1. The maximum absolute atomic E-state index is 5.66. The van der Waals surface area contributed by atoms with Crippen molar-refractivity contribution in [1.29, 1.82) is 0 Å². The Morgan fingerprint density at radius 3 is 2.76 bits per heavy atom. The van der Waals surface area contributed by atoms with Gasteiger partial charge in [-0.25, -0.2) is 0 Å². The summed E-state index contributed by atoms with van der Waals surface area (Å²) in [4.78, 5) is 0. The van der Waals surface area contributed by atoms with Gasteiger partial charge in [0.05, 0.1) is 13.7 Å². The van der Waals surface area contributed by atoms with Crippen LogP contribution >= 0.6 is 0 Å². The molecule has 17 heavy (non-hydrogen) atoms. The van der Waals surface area contributed by atoms with Crippen molar-refractivity contribution in [3.8, 4) is 23.3 Å². The molecule has 0 spiro atoms. The first-order valence-corrected chi connectivity index (χ1v) is 5.65. The molecule has 0 aliphatic heterocycles. The van der Waals surface area contributed by atoms with Crippen molar-refractivity contribution in [3.05, 3.63) is 23.8 Å². The zero-order valence-corrected chi connectivity index (χ0v) is 10.7. The van der Waals surface area contributed by atoms with Crippen LogP contribution in [0.3, 0.4) is 0 Å². The molecule has 0 bridgehead atoms. The van der Waals surface area contributed by atoms with Gasteiger partial charge in [0.15, 0.2) is 11.5 Å². The lowest BCUT2D eigenvalue weighted by atomic mass is 10.2. The van der Waals surface area contributed by atoms with Gasteiger partial charge in [0.1, 0.15) is 0 Å². The Labute approximate surface area is 103 Å². The van der Waals surface area contributed by atoms with Crippen molar-refractivity contribution in [1.82, 2.24) is 5.32 Å². The molecule has 0 fully saturated rings. The highest BCUT2D eigenvalue weighted by molar-refractivity contribution is 5.42. The third kappa shape index (κ3) is 4.38. The second-order valence-corrected chi connectivity index (χ2v) is 3.54. The molecule has 0 radical (unpaired) electrons. The molecule has 0 heterocycles. The van der Waals surface area contributed by atoms with Crippen molar-refractivity contribution in [2.45, 2.75) is 19.9 Å². The Hall–Kier alpha value is -1.66. The Balaban J connectivity index is 2.70. The summed E-state index contributed by atoms with van der Waals surface area (Å²) in [5.74, 6) is 7.35. The lowest BCUT2D eigenvalue weighted by molar-refractivity contribution is 0.301. The first-order chi connectivity index (χ1) is 8.31. The molecule has 0 aliphatic carbocycles. The van der Waals surface area contributed by atoms with Crippen LogP contribution in [-0.2, 0) is 6.54 Å². The van der Waals surface area contributed by atoms with E-state index in [-0.39, 0.29) is 0 Å². The van der Waals surface area contributed by atoms with E-state index in [1.54, 1.807) is 7.11 Å². The first-order valence-electron chi connectivity index (χ1n) is 5.65. The Bertz CT molecular complexity index is 404. The van der Waals surface area contributed by atoms with Gasteiger partial charge in [-0.1, -0.05) is 6.07 Å². The highest BCUT2D eigenvalue weighted by Gasteiger charge is 2.05. The van der Waals surface area contributed by atoms with Crippen molar-refractivity contribution < 1.29 is 9.47 Å². The van der Waals surface area contributed by atoms with Crippen LogP contribution in [0.4, 0.5) is 0 Å². The summed E-state index contributed by atoms with van der Waals surface area (Å²) in [6.45, 7) is 3.23. The van der Waals surface area contributed by atoms with E-state index in [4.69, 9.17) is 9.47 Å². The number of ether oxygens (including phenoxy) is 2. The van der Waals surface area contributed by atoms with Gasteiger partial charge in [0, 0.05) is 13.0 Å². The molecule has 3 heteroatoms. The third-order valence-electron chi connectivity index (χ3n) is 2.27. The van der Waals surface area contributed by atoms with Gasteiger partial charge in [0.2, 0.25) is 0 Å². The predicted octanol–water partition coefficient (Wildman–Crippen LogP) is 2.21. The number of hydrogen-bond acceptors (Lipinski definition) is 3. The molecule has 1 rings (SSSR count). The van der Waals surface area contributed by atoms with Gasteiger partial charge < -0.3 is 14.8 Å². The fraction of sp³-hybridized carbons (Fsp3) is 0.429. The largest absolute Gasteiger partial charge is 0.493 e. The molecule has 0 saturated heterocycles. The van der Waals surface area contributed by atoms with Crippen LogP contribution < -0.4 is 14.8 Å². The van der Waals surface area contributed by atoms with Gasteiger partial charge in [-0.2, -0.15) is 0 Å². The molecule has 1 aromatic carbocycles. The van der Waals surface area contributed by atoms with E-state index in [2.05, 4.69) is 17.2 Å². The molecule has 3 nitrogen and oxygen atoms in total. The first kappa shape index (κ1) is 13.4. The van der Waals surface area contributed by atoms with Gasteiger partial charge in [-0.3, -0.25) is 0 Å². The van der Waals surface area contributed by atoms with E-state index in [0.717, 1.165) is 24.5 Å². The Morgan fingerprint density at radius 2 is 2.12 bits per heavy atom. The van der Waals surface area contributed by atoms with Crippen LogP contribution in [0.1, 0.15) is 18.9 Å². The van der Waals surface area contributed by atoms with Crippen LogP contribution in [0.5, 0.6) is 11.5 Å². The maximum atomic E-state index is 5.66. The number of methoxy groups -OCH3 is 1. The van der Waals surface area contributed by atoms with E-state index >= 15 is 0 Å². The lowest BCUT2D eigenvalue weighted by Crippen LogP contribution is -2.06. The monoisotopic (exact) mass is 233 g/mol. The van der Waals surface area contributed by atoms with Gasteiger partial charge in [0.25, 0.3) is 0 Å². The van der Waals surface area contributed by atoms with Gasteiger partial charge in [-0.15, -0.1) is 11.8 Å². The van der Waals surface area contributed by atoms with Crippen molar-refractivity contribution in [2.75, 3.05) is 20.8 Å². The summed E-state index contributed by atoms with van der Waals surface area (Å²) in [6.07, 6.45) is 0.732. The molecule has 1 aromatic rings. The summed E-state index contributed by atoms with van der Waals surface area (Å²) in [5.41, 5.74) is 1.17. The molecular formula is C14H19NO2. The number of benzene rings is 1. The summed E-state index contributed by atoms with van der Waals surface area (Å²) in [6, 6.07) is 5.94. The molecule has 0 unspecified atom stereocenters. The average molecular weight is 233 g/mol. The quantitative estimate of drug-likeness (QED) is 0.603. The van der Waals surface area contributed by atoms with Crippen molar-refractivity contribution >= 4 is 0 Å². The van der Waals surface area contributed by atoms with Gasteiger partial charge >= 0.3 is 0 Å². The van der Waals surface area contributed by atoms with E-state index in [1.165, 1.54) is 5.56 Å². The molecule has 0 aliphatic rings. The standard InChI is InChI=1S/C14H19NO2/c1-4-5-6-9-17-14-10-12(11-15-2)7-8-13(14)16-3/h7-8,10,15H,6,9,11H2,1-3H3. The smallest absolute Gasteiger partial charge is 0.161 e. The van der Waals surface area contributed by atoms with Crippen LogP contribution in [0, 0.1) is 11.8 Å². The second-order valence-electron chi connectivity index (χ2n) is 3.54. The highest BCUT2D eigenvalue weighted by Crippen LogP contribution is 2.28. The van der Waals surface area contributed by atoms with E-state index in [0.29, 0.717) is 6.61 Å². The number of hydrogen-bond donors (Lipinski definition) is 1. The highest BCUT2D eigenvalue weighted by atomic mass is 16.5. The van der Waals surface area contributed by atoms with Crippen molar-refractivity contribution in [3.63, 3.8) is 0 Å². The lowest BCUT2D eigenvalue weighted by Gasteiger charge is -2.11. The molecular weight excluding hydrogens is 214 g/mol. The molecule has 92 valence electrons. The minimum Gasteiger partial charge on any atom is -0.493 e. The Morgan fingerprint density at radius 1 is 1.29 bits per heavy atom. The summed E-state index contributed by atoms with van der Waals surface area (Å²) in [7, 11) is 3.56.